The lowest BCUT2D eigenvalue weighted by Crippen LogP contribution is -2.49. The number of aliphatic hydroxyl groups excluding tert-OH is 1. The topological polar surface area (TPSA) is 98.2 Å². The highest BCUT2D eigenvalue weighted by molar-refractivity contribution is 6.39. The highest BCUT2D eigenvalue weighted by Gasteiger charge is 2.28. The summed E-state index contributed by atoms with van der Waals surface area (Å²) in [4.78, 5) is 14.8. The van der Waals surface area contributed by atoms with Gasteiger partial charge in [-0.2, -0.15) is 5.10 Å². The third-order valence-electron chi connectivity index (χ3n) is 4.51. The highest BCUT2D eigenvalue weighted by Crippen LogP contribution is 2.23. The number of hydrazone groups is 1. The molecule has 1 saturated carbocycles. The van der Waals surface area contributed by atoms with Gasteiger partial charge in [0.15, 0.2) is 0 Å². The van der Waals surface area contributed by atoms with Crippen molar-refractivity contribution in [1.29, 1.82) is 0 Å². The molecule has 1 saturated heterocycles. The lowest BCUT2D eigenvalue weighted by atomic mass is 9.90. The molecule has 4 N–H and O–H groups in total. The molecule has 1 aliphatic carbocycles. The fourth-order valence-corrected chi connectivity index (χ4v) is 3.28. The number of rotatable bonds is 7. The summed E-state index contributed by atoms with van der Waals surface area (Å²) in [7, 11) is 1.65. The molecule has 2 fully saturated rings. The first-order valence-electron chi connectivity index (χ1n) is 8.42. The summed E-state index contributed by atoms with van der Waals surface area (Å²) >= 11 is 0. The summed E-state index contributed by atoms with van der Waals surface area (Å²) < 4.78 is 5.40. The molecular formula is C15H29N5O3. The molecule has 0 radical (unpaired) electrons. The lowest BCUT2D eigenvalue weighted by molar-refractivity contribution is -0.115. The Hall–Kier alpha value is -1.22. The summed E-state index contributed by atoms with van der Waals surface area (Å²) in [5.74, 6) is -0.171. The quantitative estimate of drug-likeness (QED) is 0.268. The first-order valence-corrected chi connectivity index (χ1v) is 8.42. The Morgan fingerprint density at radius 2 is 1.96 bits per heavy atom. The van der Waals surface area contributed by atoms with Crippen molar-refractivity contribution in [3.8, 4) is 0 Å². The number of amides is 1. The van der Waals surface area contributed by atoms with Crippen LogP contribution in [0.3, 0.4) is 0 Å². The van der Waals surface area contributed by atoms with Crippen molar-refractivity contribution in [2.75, 3.05) is 46.6 Å². The van der Waals surface area contributed by atoms with Crippen LogP contribution in [0.1, 0.15) is 25.7 Å². The van der Waals surface area contributed by atoms with Crippen LogP contribution in [0.25, 0.3) is 0 Å². The summed E-state index contributed by atoms with van der Waals surface area (Å²) in [6.07, 6.45) is 4.21. The van der Waals surface area contributed by atoms with Crippen LogP contribution in [-0.4, -0.2) is 80.3 Å². The molecule has 0 aromatic carbocycles. The molecule has 1 amide bonds. The van der Waals surface area contributed by atoms with Gasteiger partial charge in [-0.05, 0) is 25.7 Å². The minimum atomic E-state index is -0.180. The Balaban J connectivity index is 1.76. The van der Waals surface area contributed by atoms with Gasteiger partial charge in [0.25, 0.3) is 5.91 Å². The summed E-state index contributed by atoms with van der Waals surface area (Å²) in [6, 6.07) is 0.824. The zero-order valence-corrected chi connectivity index (χ0v) is 13.9. The summed E-state index contributed by atoms with van der Waals surface area (Å²) in [5, 5.41) is 18.6. The summed E-state index contributed by atoms with van der Waals surface area (Å²) in [6.45, 7) is 3.77. The van der Waals surface area contributed by atoms with Crippen LogP contribution in [-0.2, 0) is 9.53 Å². The van der Waals surface area contributed by atoms with Crippen molar-refractivity contribution < 1.29 is 14.6 Å². The highest BCUT2D eigenvalue weighted by atomic mass is 16.5. The number of carbonyl (C=O) groups is 1. The first kappa shape index (κ1) is 18.1. The van der Waals surface area contributed by atoms with Crippen molar-refractivity contribution in [2.24, 2.45) is 5.10 Å². The van der Waals surface area contributed by atoms with E-state index in [2.05, 4.69) is 26.1 Å². The van der Waals surface area contributed by atoms with Gasteiger partial charge < -0.3 is 20.6 Å². The molecule has 2 aliphatic rings. The number of carbonyl (C=O) groups excluding carboxylic acids is 1. The molecule has 8 heteroatoms. The van der Waals surface area contributed by atoms with Crippen LogP contribution in [0.5, 0.6) is 0 Å². The molecule has 0 aromatic rings. The number of hydrogen-bond donors (Lipinski definition) is 4. The van der Waals surface area contributed by atoms with Crippen molar-refractivity contribution in [3.05, 3.63) is 0 Å². The van der Waals surface area contributed by atoms with E-state index < -0.39 is 0 Å². The Kier molecular flexibility index (Phi) is 7.73. The largest absolute Gasteiger partial charge is 0.381 e. The lowest BCUT2D eigenvalue weighted by Gasteiger charge is -2.38. The van der Waals surface area contributed by atoms with E-state index in [0.29, 0.717) is 11.8 Å². The Morgan fingerprint density at radius 3 is 2.57 bits per heavy atom. The minimum Gasteiger partial charge on any atom is -0.381 e. The smallest absolute Gasteiger partial charge is 0.269 e. The number of nitrogens with zero attached hydrogens (tertiary/aromatic N) is 2. The fraction of sp³-hybridized carbons (Fsp3) is 0.867. The molecule has 0 aromatic heterocycles. The van der Waals surface area contributed by atoms with Crippen molar-refractivity contribution in [1.82, 2.24) is 21.0 Å². The average Bonchev–Trinajstić information content (AvgIpc) is 2.60. The predicted octanol–water partition coefficient (Wildman–Crippen LogP) is -1.14. The Labute approximate surface area is 137 Å². The second kappa shape index (κ2) is 9.82. The van der Waals surface area contributed by atoms with E-state index >= 15 is 0 Å². The molecule has 0 unspecified atom stereocenters. The molecule has 0 spiro atoms. The Bertz CT molecular complexity index is 391. The minimum absolute atomic E-state index is 0.171. The summed E-state index contributed by atoms with van der Waals surface area (Å²) in [5.41, 5.74) is 2.99. The van der Waals surface area contributed by atoms with Gasteiger partial charge in [0, 0.05) is 38.8 Å². The number of aliphatic hydroxyl groups is 1. The van der Waals surface area contributed by atoms with Gasteiger partial charge in [0.2, 0.25) is 0 Å². The molecule has 0 atom stereocenters. The maximum atomic E-state index is 12.3. The zero-order valence-electron chi connectivity index (χ0n) is 13.9. The van der Waals surface area contributed by atoms with E-state index in [1.165, 1.54) is 0 Å². The molecule has 1 aliphatic heterocycles. The SMILES string of the molecule is CN/N=C(\CNCO)C(=O)NC1CCC(N2CCOCC2)CC1. The van der Waals surface area contributed by atoms with Crippen LogP contribution in [0.4, 0.5) is 0 Å². The fourth-order valence-electron chi connectivity index (χ4n) is 3.28. The average molecular weight is 327 g/mol. The monoisotopic (exact) mass is 327 g/mol. The molecule has 23 heavy (non-hydrogen) atoms. The van der Waals surface area contributed by atoms with E-state index in [-0.39, 0.29) is 25.2 Å². The molecule has 0 bridgehead atoms. The van der Waals surface area contributed by atoms with Crippen molar-refractivity contribution >= 4 is 11.6 Å². The molecule has 1 heterocycles. The van der Waals surface area contributed by atoms with E-state index in [9.17, 15) is 4.79 Å². The first-order chi connectivity index (χ1) is 11.2. The van der Waals surface area contributed by atoms with Crippen LogP contribution >= 0.6 is 0 Å². The van der Waals surface area contributed by atoms with Crippen molar-refractivity contribution in [3.63, 3.8) is 0 Å². The number of morpholine rings is 1. The molecular weight excluding hydrogens is 298 g/mol. The van der Waals surface area contributed by atoms with E-state index in [1.807, 2.05) is 0 Å². The second-order valence-electron chi connectivity index (χ2n) is 5.99. The predicted molar refractivity (Wildman–Crippen MR) is 88.2 cm³/mol. The Morgan fingerprint density at radius 1 is 1.26 bits per heavy atom. The van der Waals surface area contributed by atoms with Gasteiger partial charge in [-0.3, -0.25) is 15.0 Å². The van der Waals surface area contributed by atoms with Gasteiger partial charge in [0.05, 0.1) is 19.9 Å². The number of hydrogen-bond acceptors (Lipinski definition) is 7. The maximum absolute atomic E-state index is 12.3. The molecule has 132 valence electrons. The van der Waals surface area contributed by atoms with Gasteiger partial charge in [-0.1, -0.05) is 0 Å². The standard InChI is InChI=1S/C15H29N5O3/c1-16-19-14(10-17-11-21)15(22)18-12-2-4-13(5-3-12)20-6-8-23-9-7-20/h12-13,16-17,21H,2-11H2,1H3,(H,18,22)/b19-14+. The zero-order chi connectivity index (χ0) is 16.5. The van der Waals surface area contributed by atoms with Gasteiger partial charge in [0.1, 0.15) is 5.71 Å². The van der Waals surface area contributed by atoms with Crippen molar-refractivity contribution in [2.45, 2.75) is 37.8 Å². The molecule has 2 rings (SSSR count). The number of nitrogens with one attached hydrogen (secondary N) is 3. The second-order valence-corrected chi connectivity index (χ2v) is 5.99. The van der Waals surface area contributed by atoms with E-state index in [1.54, 1.807) is 7.05 Å². The van der Waals surface area contributed by atoms with E-state index in [4.69, 9.17) is 9.84 Å². The van der Waals surface area contributed by atoms with Crippen LogP contribution in [0, 0.1) is 0 Å². The van der Waals surface area contributed by atoms with Gasteiger partial charge in [-0.25, -0.2) is 0 Å². The normalized spacial score (nSPS) is 26.8. The maximum Gasteiger partial charge on any atom is 0.269 e. The molecule has 8 nitrogen and oxygen atoms in total. The van der Waals surface area contributed by atoms with Crippen LogP contribution < -0.4 is 16.1 Å². The third kappa shape index (κ3) is 5.72. The number of ether oxygens (including phenoxy) is 1. The van der Waals surface area contributed by atoms with Gasteiger partial charge >= 0.3 is 0 Å². The van der Waals surface area contributed by atoms with Crippen LogP contribution in [0.2, 0.25) is 0 Å². The van der Waals surface area contributed by atoms with E-state index in [0.717, 1.165) is 52.0 Å². The van der Waals surface area contributed by atoms with Crippen LogP contribution in [0.15, 0.2) is 5.10 Å². The third-order valence-corrected chi connectivity index (χ3v) is 4.51. The van der Waals surface area contributed by atoms with Gasteiger partial charge in [-0.15, -0.1) is 0 Å².